The maximum Gasteiger partial charge on any atom is 0.401 e. The molecule has 0 spiro atoms. The van der Waals surface area contributed by atoms with Crippen LogP contribution in [0.15, 0.2) is 18.3 Å². The van der Waals surface area contributed by atoms with Crippen molar-refractivity contribution in [3.63, 3.8) is 0 Å². The molecular formula is C12H16F3N5O. The first-order chi connectivity index (χ1) is 9.89. The van der Waals surface area contributed by atoms with Gasteiger partial charge in [0.05, 0.1) is 18.4 Å². The Hall–Kier alpha value is -1.87. The summed E-state index contributed by atoms with van der Waals surface area (Å²) in [5.41, 5.74) is 3.22. The fourth-order valence-corrected chi connectivity index (χ4v) is 2.13. The Balaban J connectivity index is 1.90. The van der Waals surface area contributed by atoms with Gasteiger partial charge in [-0.3, -0.25) is 15.5 Å². The van der Waals surface area contributed by atoms with Gasteiger partial charge >= 0.3 is 6.18 Å². The number of nitrogens with two attached hydrogens (primary N) is 1. The number of carbonyl (C=O) groups is 1. The van der Waals surface area contributed by atoms with Gasteiger partial charge in [0.2, 0.25) is 0 Å². The van der Waals surface area contributed by atoms with Crippen molar-refractivity contribution in [2.24, 2.45) is 5.84 Å². The number of hydrazine groups is 1. The van der Waals surface area contributed by atoms with Crippen LogP contribution in [-0.4, -0.2) is 59.6 Å². The fraction of sp³-hybridized carbons (Fsp3) is 0.500. The molecule has 9 heteroatoms. The molecule has 0 saturated carbocycles. The van der Waals surface area contributed by atoms with Crippen LogP contribution in [0.2, 0.25) is 0 Å². The van der Waals surface area contributed by atoms with E-state index in [4.69, 9.17) is 5.84 Å². The van der Waals surface area contributed by atoms with Crippen molar-refractivity contribution in [2.45, 2.75) is 6.18 Å². The lowest BCUT2D eigenvalue weighted by Crippen LogP contribution is -2.51. The number of aromatic nitrogens is 1. The molecule has 0 atom stereocenters. The summed E-state index contributed by atoms with van der Waals surface area (Å²) in [4.78, 5) is 18.9. The summed E-state index contributed by atoms with van der Waals surface area (Å²) >= 11 is 0. The van der Waals surface area contributed by atoms with Crippen LogP contribution in [0.1, 0.15) is 10.5 Å². The number of rotatable bonds is 3. The predicted molar refractivity (Wildman–Crippen MR) is 70.4 cm³/mol. The van der Waals surface area contributed by atoms with Crippen LogP contribution in [0, 0.1) is 0 Å². The Bertz CT molecular complexity index is 483. The highest BCUT2D eigenvalue weighted by Crippen LogP contribution is 2.18. The molecule has 1 fully saturated rings. The Morgan fingerprint density at radius 3 is 2.43 bits per heavy atom. The zero-order valence-electron chi connectivity index (χ0n) is 11.2. The second kappa shape index (κ2) is 6.27. The molecule has 3 N–H and O–H groups in total. The number of pyridine rings is 1. The molecule has 1 amide bonds. The van der Waals surface area contributed by atoms with Gasteiger partial charge in [0, 0.05) is 26.2 Å². The summed E-state index contributed by atoms with van der Waals surface area (Å²) in [5, 5.41) is 0. The number of piperazine rings is 1. The minimum absolute atomic E-state index is 0.202. The number of anilines is 1. The summed E-state index contributed by atoms with van der Waals surface area (Å²) in [6, 6.07) is 3.14. The number of nitrogen functional groups attached to an aromatic ring is 1. The lowest BCUT2D eigenvalue weighted by molar-refractivity contribution is -0.148. The maximum absolute atomic E-state index is 12.3. The molecule has 21 heavy (non-hydrogen) atoms. The third-order valence-corrected chi connectivity index (χ3v) is 3.21. The minimum atomic E-state index is -4.21. The topological polar surface area (TPSA) is 74.5 Å². The molecule has 6 nitrogen and oxygen atoms in total. The Morgan fingerprint density at radius 1 is 1.29 bits per heavy atom. The van der Waals surface area contributed by atoms with E-state index in [9.17, 15) is 18.0 Å². The second-order valence-corrected chi connectivity index (χ2v) is 4.76. The van der Waals surface area contributed by atoms with Gasteiger partial charge in [-0.05, 0) is 12.1 Å². The van der Waals surface area contributed by atoms with Crippen molar-refractivity contribution in [1.82, 2.24) is 14.8 Å². The van der Waals surface area contributed by atoms with E-state index >= 15 is 0 Å². The molecule has 1 aliphatic heterocycles. The third-order valence-electron chi connectivity index (χ3n) is 3.21. The molecule has 0 bridgehead atoms. The zero-order valence-corrected chi connectivity index (χ0v) is 11.2. The number of amides is 1. The van der Waals surface area contributed by atoms with E-state index in [1.165, 1.54) is 22.1 Å². The van der Waals surface area contributed by atoms with Crippen LogP contribution in [0.3, 0.4) is 0 Å². The van der Waals surface area contributed by atoms with E-state index in [0.717, 1.165) is 0 Å². The van der Waals surface area contributed by atoms with Gasteiger partial charge in [-0.1, -0.05) is 0 Å². The monoisotopic (exact) mass is 303 g/mol. The number of nitrogens with one attached hydrogen (secondary N) is 1. The molecule has 0 radical (unpaired) electrons. The first kappa shape index (κ1) is 15.5. The van der Waals surface area contributed by atoms with Crippen molar-refractivity contribution in [3.05, 3.63) is 24.0 Å². The summed E-state index contributed by atoms with van der Waals surface area (Å²) in [7, 11) is 0. The van der Waals surface area contributed by atoms with Crippen LogP contribution >= 0.6 is 0 Å². The molecule has 1 aliphatic rings. The summed E-state index contributed by atoms with van der Waals surface area (Å²) in [6.45, 7) is -0.0213. The number of alkyl halides is 3. The first-order valence-electron chi connectivity index (χ1n) is 6.40. The van der Waals surface area contributed by atoms with E-state index in [-0.39, 0.29) is 37.8 Å². The minimum Gasteiger partial charge on any atom is -0.335 e. The van der Waals surface area contributed by atoms with Gasteiger partial charge < -0.3 is 10.3 Å². The summed E-state index contributed by atoms with van der Waals surface area (Å²) in [5.74, 6) is 4.91. The summed E-state index contributed by atoms with van der Waals surface area (Å²) in [6.07, 6.45) is -2.79. The lowest BCUT2D eigenvalue weighted by Gasteiger charge is -2.34. The van der Waals surface area contributed by atoms with Crippen molar-refractivity contribution in [2.75, 3.05) is 38.1 Å². The van der Waals surface area contributed by atoms with Gasteiger partial charge in [-0.2, -0.15) is 13.2 Å². The average molecular weight is 303 g/mol. The largest absolute Gasteiger partial charge is 0.401 e. The van der Waals surface area contributed by atoms with Crippen molar-refractivity contribution >= 4 is 11.6 Å². The normalized spacial score (nSPS) is 16.9. The third kappa shape index (κ3) is 4.30. The van der Waals surface area contributed by atoms with Gasteiger partial charge in [0.25, 0.3) is 5.91 Å². The Morgan fingerprint density at radius 2 is 1.95 bits per heavy atom. The number of hydrogen-bond acceptors (Lipinski definition) is 5. The van der Waals surface area contributed by atoms with E-state index in [1.807, 2.05) is 0 Å². The molecule has 2 heterocycles. The highest BCUT2D eigenvalue weighted by atomic mass is 19.4. The summed E-state index contributed by atoms with van der Waals surface area (Å²) < 4.78 is 36.9. The molecule has 1 aromatic rings. The van der Waals surface area contributed by atoms with E-state index < -0.39 is 12.7 Å². The van der Waals surface area contributed by atoms with E-state index in [2.05, 4.69) is 10.4 Å². The van der Waals surface area contributed by atoms with Crippen molar-refractivity contribution in [3.8, 4) is 0 Å². The number of carbonyl (C=O) groups excluding carboxylic acids is 1. The molecule has 0 aromatic carbocycles. The molecular weight excluding hydrogens is 287 g/mol. The van der Waals surface area contributed by atoms with Gasteiger partial charge in [0.15, 0.2) is 0 Å². The van der Waals surface area contributed by atoms with E-state index in [1.54, 1.807) is 6.07 Å². The van der Waals surface area contributed by atoms with Gasteiger partial charge in [0.1, 0.15) is 5.69 Å². The predicted octanol–water partition coefficient (Wildman–Crippen LogP) is 0.687. The van der Waals surface area contributed by atoms with Crippen molar-refractivity contribution < 1.29 is 18.0 Å². The highest BCUT2D eigenvalue weighted by Gasteiger charge is 2.33. The zero-order chi connectivity index (χ0) is 15.5. The van der Waals surface area contributed by atoms with E-state index in [0.29, 0.717) is 5.69 Å². The standard InChI is InChI=1S/C12H16F3N5O/c13-12(14,15)8-19-3-5-20(6-4-19)11(21)10-2-1-9(18-16)7-17-10/h1-2,7,18H,3-6,8,16H2. The fourth-order valence-electron chi connectivity index (χ4n) is 2.13. The van der Waals surface area contributed by atoms with Gasteiger partial charge in [-0.25, -0.2) is 4.98 Å². The van der Waals surface area contributed by atoms with Gasteiger partial charge in [-0.15, -0.1) is 0 Å². The Labute approximate surface area is 119 Å². The van der Waals surface area contributed by atoms with Crippen LogP contribution in [-0.2, 0) is 0 Å². The van der Waals surface area contributed by atoms with Crippen LogP contribution in [0.4, 0.5) is 18.9 Å². The maximum atomic E-state index is 12.3. The lowest BCUT2D eigenvalue weighted by atomic mass is 10.2. The molecule has 0 unspecified atom stereocenters. The molecule has 2 rings (SSSR count). The second-order valence-electron chi connectivity index (χ2n) is 4.76. The molecule has 116 valence electrons. The smallest absolute Gasteiger partial charge is 0.335 e. The molecule has 1 aromatic heterocycles. The highest BCUT2D eigenvalue weighted by molar-refractivity contribution is 5.92. The SMILES string of the molecule is NNc1ccc(C(=O)N2CCN(CC(F)(F)F)CC2)nc1. The van der Waals surface area contributed by atoms with Crippen LogP contribution in [0.5, 0.6) is 0 Å². The molecule has 1 saturated heterocycles. The first-order valence-corrected chi connectivity index (χ1v) is 6.40. The number of nitrogens with zero attached hydrogens (tertiary/aromatic N) is 3. The van der Waals surface area contributed by atoms with Crippen LogP contribution in [0.25, 0.3) is 0 Å². The van der Waals surface area contributed by atoms with Crippen molar-refractivity contribution in [1.29, 1.82) is 0 Å². The van der Waals surface area contributed by atoms with Crippen LogP contribution < -0.4 is 11.3 Å². The number of hydrogen-bond donors (Lipinski definition) is 2. The quantitative estimate of drug-likeness (QED) is 0.635. The molecule has 0 aliphatic carbocycles. The average Bonchev–Trinajstić information content (AvgIpc) is 2.46. The number of halogens is 3. The Kier molecular flexibility index (Phi) is 4.63.